The molecule has 0 fully saturated rings. The van der Waals surface area contributed by atoms with Crippen molar-refractivity contribution in [3.05, 3.63) is 65.2 Å². The Kier molecular flexibility index (Phi) is 6.74. The summed E-state index contributed by atoms with van der Waals surface area (Å²) >= 11 is 1.29. The van der Waals surface area contributed by atoms with Gasteiger partial charge in [0.25, 0.3) is 0 Å². The van der Waals surface area contributed by atoms with E-state index in [9.17, 15) is 8.78 Å². The molecule has 0 amide bonds. The zero-order valence-electron chi connectivity index (χ0n) is 13.1. The first-order chi connectivity index (χ1) is 11.6. The molecule has 126 valence electrons. The summed E-state index contributed by atoms with van der Waals surface area (Å²) in [5.41, 5.74) is 6.52. The molecule has 0 aliphatic rings. The van der Waals surface area contributed by atoms with E-state index in [0.717, 1.165) is 23.9 Å². The Morgan fingerprint density at radius 2 is 1.88 bits per heavy atom. The molecule has 0 aromatic heterocycles. The predicted molar refractivity (Wildman–Crippen MR) is 94.5 cm³/mol. The van der Waals surface area contributed by atoms with Crippen LogP contribution in [0.1, 0.15) is 18.1 Å². The Morgan fingerprint density at radius 3 is 2.50 bits per heavy atom. The minimum Gasteiger partial charge on any atom is -0.494 e. The number of thioether (sulfide) groups is 1. The maximum Gasteiger partial charge on any atom is 0.180 e. The van der Waals surface area contributed by atoms with Crippen molar-refractivity contribution in [2.24, 2.45) is 15.9 Å². The van der Waals surface area contributed by atoms with Gasteiger partial charge < -0.3 is 10.5 Å². The van der Waals surface area contributed by atoms with E-state index in [2.05, 4.69) is 10.2 Å². The molecule has 0 heterocycles. The third-order valence-corrected chi connectivity index (χ3v) is 3.79. The number of rotatable bonds is 6. The molecule has 0 radical (unpaired) electrons. The number of hydrogen-bond acceptors (Lipinski definition) is 4. The highest BCUT2D eigenvalue weighted by molar-refractivity contribution is 8.13. The van der Waals surface area contributed by atoms with Crippen LogP contribution in [0.15, 0.2) is 52.7 Å². The summed E-state index contributed by atoms with van der Waals surface area (Å²) in [5, 5.41) is 7.60. The highest BCUT2D eigenvalue weighted by Crippen LogP contribution is 2.19. The molecule has 2 aromatic carbocycles. The first-order valence-electron chi connectivity index (χ1n) is 7.25. The van der Waals surface area contributed by atoms with Crippen molar-refractivity contribution >= 4 is 23.1 Å². The van der Waals surface area contributed by atoms with E-state index in [4.69, 9.17) is 10.5 Å². The standard InChI is InChI=1S/C17H17F2N3OS/c1-2-23-13-8-15(18)14(16(19)9-13)10-21-22-17(20)24-11-12-6-4-3-5-7-12/h3-10H,2,11H2,1H3,(H2,20,22). The van der Waals surface area contributed by atoms with E-state index < -0.39 is 11.6 Å². The van der Waals surface area contributed by atoms with Crippen molar-refractivity contribution in [3.63, 3.8) is 0 Å². The lowest BCUT2D eigenvalue weighted by atomic mass is 10.2. The summed E-state index contributed by atoms with van der Waals surface area (Å²) in [5.74, 6) is -0.774. The van der Waals surface area contributed by atoms with Crippen LogP contribution in [-0.2, 0) is 5.75 Å². The van der Waals surface area contributed by atoms with E-state index in [1.807, 2.05) is 30.3 Å². The second-order valence-corrected chi connectivity index (χ2v) is 5.69. The van der Waals surface area contributed by atoms with Crippen LogP contribution in [0.3, 0.4) is 0 Å². The monoisotopic (exact) mass is 349 g/mol. The van der Waals surface area contributed by atoms with Crippen LogP contribution in [0.2, 0.25) is 0 Å². The normalized spacial score (nSPS) is 11.9. The Labute approximate surface area is 143 Å². The van der Waals surface area contributed by atoms with Gasteiger partial charge in [-0.05, 0) is 12.5 Å². The van der Waals surface area contributed by atoms with Gasteiger partial charge in [0, 0.05) is 17.9 Å². The Morgan fingerprint density at radius 1 is 1.21 bits per heavy atom. The topological polar surface area (TPSA) is 60.0 Å². The molecule has 0 aliphatic carbocycles. The molecule has 0 unspecified atom stereocenters. The van der Waals surface area contributed by atoms with Crippen LogP contribution in [0.25, 0.3) is 0 Å². The fraction of sp³-hybridized carbons (Fsp3) is 0.176. The lowest BCUT2D eigenvalue weighted by Crippen LogP contribution is -2.06. The summed E-state index contributed by atoms with van der Waals surface area (Å²) in [4.78, 5) is 0. The second kappa shape index (κ2) is 9.02. The molecule has 0 saturated heterocycles. The zero-order valence-corrected chi connectivity index (χ0v) is 13.9. The van der Waals surface area contributed by atoms with Crippen LogP contribution < -0.4 is 10.5 Å². The molecule has 0 bridgehead atoms. The highest BCUT2D eigenvalue weighted by atomic mass is 32.2. The van der Waals surface area contributed by atoms with E-state index in [1.54, 1.807) is 6.92 Å². The Hall–Kier alpha value is -2.41. The van der Waals surface area contributed by atoms with E-state index in [-0.39, 0.29) is 16.5 Å². The number of amidine groups is 1. The number of halogens is 2. The molecule has 2 N–H and O–H groups in total. The Balaban J connectivity index is 1.99. The van der Waals surface area contributed by atoms with Gasteiger partial charge in [-0.15, -0.1) is 5.10 Å². The summed E-state index contributed by atoms with van der Waals surface area (Å²) < 4.78 is 32.7. The molecule has 0 aliphatic heterocycles. The summed E-state index contributed by atoms with van der Waals surface area (Å²) in [6.07, 6.45) is 0.996. The van der Waals surface area contributed by atoms with E-state index in [0.29, 0.717) is 12.4 Å². The molecular weight excluding hydrogens is 332 g/mol. The quantitative estimate of drug-likeness (QED) is 0.488. The average Bonchev–Trinajstić information content (AvgIpc) is 2.57. The molecule has 24 heavy (non-hydrogen) atoms. The minimum absolute atomic E-state index is 0.131. The Bertz CT molecular complexity index is 713. The van der Waals surface area contributed by atoms with Gasteiger partial charge in [0.15, 0.2) is 5.17 Å². The van der Waals surface area contributed by atoms with Gasteiger partial charge in [0.05, 0.1) is 18.4 Å². The predicted octanol–water partition coefficient (Wildman–Crippen LogP) is 3.95. The molecule has 0 spiro atoms. The van der Waals surface area contributed by atoms with Gasteiger partial charge in [-0.1, -0.05) is 42.1 Å². The molecule has 2 rings (SSSR count). The van der Waals surface area contributed by atoms with Crippen LogP contribution in [0, 0.1) is 11.6 Å². The molecular formula is C17H17F2N3OS. The first-order valence-corrected chi connectivity index (χ1v) is 8.23. The minimum atomic E-state index is -0.770. The van der Waals surface area contributed by atoms with Gasteiger partial charge in [0.2, 0.25) is 0 Å². The summed E-state index contributed by atoms with van der Waals surface area (Å²) in [7, 11) is 0. The summed E-state index contributed by atoms with van der Waals surface area (Å²) in [6.45, 7) is 2.06. The number of nitrogens with zero attached hydrogens (tertiary/aromatic N) is 2. The van der Waals surface area contributed by atoms with Crippen molar-refractivity contribution in [2.45, 2.75) is 12.7 Å². The molecule has 7 heteroatoms. The largest absolute Gasteiger partial charge is 0.494 e. The third-order valence-electron chi connectivity index (χ3n) is 2.94. The maximum absolute atomic E-state index is 13.8. The molecule has 4 nitrogen and oxygen atoms in total. The van der Waals surface area contributed by atoms with Crippen molar-refractivity contribution < 1.29 is 13.5 Å². The van der Waals surface area contributed by atoms with Crippen molar-refractivity contribution in [3.8, 4) is 5.75 Å². The molecule has 0 saturated carbocycles. The van der Waals surface area contributed by atoms with E-state index >= 15 is 0 Å². The van der Waals surface area contributed by atoms with Crippen molar-refractivity contribution in [1.82, 2.24) is 0 Å². The SMILES string of the molecule is CCOc1cc(F)c(C=NN=C(N)SCc2ccccc2)c(F)c1. The fourth-order valence-corrected chi connectivity index (χ4v) is 2.45. The average molecular weight is 349 g/mol. The van der Waals surface area contributed by atoms with Crippen LogP contribution in [0.5, 0.6) is 5.75 Å². The first kappa shape index (κ1) is 17.9. The highest BCUT2D eigenvalue weighted by Gasteiger charge is 2.10. The van der Waals surface area contributed by atoms with Crippen molar-refractivity contribution in [2.75, 3.05) is 6.61 Å². The summed E-state index contributed by atoms with van der Waals surface area (Å²) in [6, 6.07) is 11.9. The number of nitrogens with two attached hydrogens (primary N) is 1. The number of ether oxygens (including phenoxy) is 1. The van der Waals surface area contributed by atoms with Crippen LogP contribution >= 0.6 is 11.8 Å². The number of benzene rings is 2. The van der Waals surface area contributed by atoms with Gasteiger partial charge >= 0.3 is 0 Å². The molecule has 2 aromatic rings. The fourth-order valence-electron chi connectivity index (χ4n) is 1.84. The smallest absolute Gasteiger partial charge is 0.180 e. The second-order valence-electron chi connectivity index (χ2n) is 4.69. The van der Waals surface area contributed by atoms with Gasteiger partial charge in [0.1, 0.15) is 17.4 Å². The maximum atomic E-state index is 13.8. The number of hydrogen-bond donors (Lipinski definition) is 1. The van der Waals surface area contributed by atoms with Gasteiger partial charge in [-0.2, -0.15) is 5.10 Å². The zero-order chi connectivity index (χ0) is 17.4. The third kappa shape index (κ3) is 5.34. The lowest BCUT2D eigenvalue weighted by molar-refractivity contribution is 0.336. The van der Waals surface area contributed by atoms with Gasteiger partial charge in [-0.3, -0.25) is 0 Å². The van der Waals surface area contributed by atoms with Crippen LogP contribution in [0.4, 0.5) is 8.78 Å². The van der Waals surface area contributed by atoms with Crippen LogP contribution in [-0.4, -0.2) is 18.0 Å². The lowest BCUT2D eigenvalue weighted by Gasteiger charge is -2.05. The molecule has 0 atom stereocenters. The van der Waals surface area contributed by atoms with Gasteiger partial charge in [-0.25, -0.2) is 8.78 Å². The van der Waals surface area contributed by atoms with E-state index in [1.165, 1.54) is 11.8 Å². The van der Waals surface area contributed by atoms with Crippen molar-refractivity contribution in [1.29, 1.82) is 0 Å².